The molecule has 0 radical (unpaired) electrons. The van der Waals surface area contributed by atoms with Crippen LogP contribution in [0.2, 0.25) is 0 Å². The van der Waals surface area contributed by atoms with Gasteiger partial charge in [0, 0.05) is 12.8 Å². The number of carbonyl (C=O) groups is 2. The average molecular weight is 423 g/mol. The molecule has 0 rings (SSSR count). The SMILES string of the molecule is CCC#CC(CC)C(=O)OOC(C)(C)CCC(C)(C)OOC(=O)C(C#CCC)CC. The third-order valence-electron chi connectivity index (χ3n) is 4.32. The van der Waals surface area contributed by atoms with Crippen molar-refractivity contribution in [1.29, 1.82) is 0 Å². The molecular formula is C24H38O6. The molecule has 0 bridgehead atoms. The van der Waals surface area contributed by atoms with Gasteiger partial charge in [-0.25, -0.2) is 9.59 Å². The zero-order valence-corrected chi connectivity index (χ0v) is 19.8. The van der Waals surface area contributed by atoms with E-state index in [1.807, 2.05) is 55.4 Å². The fourth-order valence-electron chi connectivity index (χ4n) is 2.22. The predicted octanol–water partition coefficient (Wildman–Crippen LogP) is 5.15. The van der Waals surface area contributed by atoms with Crippen molar-refractivity contribution in [1.82, 2.24) is 0 Å². The van der Waals surface area contributed by atoms with Gasteiger partial charge in [-0.3, -0.25) is 9.78 Å². The molecule has 6 nitrogen and oxygen atoms in total. The Bertz CT molecular complexity index is 599. The molecule has 6 heteroatoms. The average Bonchev–Trinajstić information content (AvgIpc) is 2.70. The second-order valence-corrected chi connectivity index (χ2v) is 8.26. The van der Waals surface area contributed by atoms with Gasteiger partial charge in [-0.15, -0.1) is 11.8 Å². The van der Waals surface area contributed by atoms with E-state index in [1.54, 1.807) is 0 Å². The molecule has 0 spiro atoms. The lowest BCUT2D eigenvalue weighted by Gasteiger charge is -2.29. The minimum atomic E-state index is -0.741. The Balaban J connectivity index is 4.61. The van der Waals surface area contributed by atoms with Gasteiger partial charge in [0.1, 0.15) is 23.0 Å². The first-order valence-corrected chi connectivity index (χ1v) is 10.8. The van der Waals surface area contributed by atoms with Crippen LogP contribution in [0.15, 0.2) is 0 Å². The van der Waals surface area contributed by atoms with Crippen molar-refractivity contribution in [3.05, 3.63) is 0 Å². The fourth-order valence-corrected chi connectivity index (χ4v) is 2.22. The van der Waals surface area contributed by atoms with E-state index in [0.717, 1.165) is 0 Å². The van der Waals surface area contributed by atoms with Gasteiger partial charge < -0.3 is 0 Å². The van der Waals surface area contributed by atoms with Gasteiger partial charge in [0.25, 0.3) is 0 Å². The van der Waals surface area contributed by atoms with Crippen molar-refractivity contribution < 1.29 is 29.1 Å². The summed E-state index contributed by atoms with van der Waals surface area (Å²) in [4.78, 5) is 45.1. The highest BCUT2D eigenvalue weighted by molar-refractivity contribution is 5.75. The summed E-state index contributed by atoms with van der Waals surface area (Å²) in [5.74, 6) is 9.58. The van der Waals surface area contributed by atoms with Crippen molar-refractivity contribution >= 4 is 11.9 Å². The Hall–Kier alpha value is -2.02. The standard InChI is InChI=1S/C24H38O6/c1-9-13-15-19(11-3)21(25)27-29-23(5,6)17-18-24(7,8)30-28-22(26)20(12-4)16-14-10-2/h19-20H,9-12,17-18H2,1-8H3. The summed E-state index contributed by atoms with van der Waals surface area (Å²) < 4.78 is 0. The van der Waals surface area contributed by atoms with E-state index in [4.69, 9.17) is 19.6 Å². The summed E-state index contributed by atoms with van der Waals surface area (Å²) in [7, 11) is 0. The zero-order chi connectivity index (χ0) is 23.2. The fraction of sp³-hybridized carbons (Fsp3) is 0.750. The number of rotatable bonds is 11. The first-order chi connectivity index (χ1) is 14.0. The van der Waals surface area contributed by atoms with Gasteiger partial charge in [0.05, 0.1) is 0 Å². The topological polar surface area (TPSA) is 71.1 Å². The molecule has 0 aliphatic rings. The maximum absolute atomic E-state index is 12.1. The summed E-state index contributed by atoms with van der Waals surface area (Å²) in [6, 6.07) is 0. The number of hydrogen-bond donors (Lipinski definition) is 0. The number of hydrogen-bond acceptors (Lipinski definition) is 6. The lowest BCUT2D eigenvalue weighted by Crippen LogP contribution is -2.34. The molecule has 0 aliphatic heterocycles. The minimum Gasteiger partial charge on any atom is -0.296 e. The van der Waals surface area contributed by atoms with Gasteiger partial charge in [-0.1, -0.05) is 39.5 Å². The molecular weight excluding hydrogens is 384 g/mol. The number of carbonyl (C=O) groups excluding carboxylic acids is 2. The van der Waals surface area contributed by atoms with Crippen LogP contribution < -0.4 is 0 Å². The predicted molar refractivity (Wildman–Crippen MR) is 115 cm³/mol. The normalized spacial score (nSPS) is 13.2. The van der Waals surface area contributed by atoms with Gasteiger partial charge in [0.15, 0.2) is 0 Å². The van der Waals surface area contributed by atoms with Crippen molar-refractivity contribution in [2.45, 2.75) is 105 Å². The molecule has 0 saturated carbocycles. The van der Waals surface area contributed by atoms with Gasteiger partial charge in [-0.2, -0.15) is 9.78 Å². The van der Waals surface area contributed by atoms with Gasteiger partial charge in [-0.05, 0) is 53.4 Å². The summed E-state index contributed by atoms with van der Waals surface area (Å²) in [6.07, 6.45) is 3.50. The molecule has 2 atom stereocenters. The third-order valence-corrected chi connectivity index (χ3v) is 4.32. The summed E-state index contributed by atoms with van der Waals surface area (Å²) in [5.41, 5.74) is -1.48. The van der Waals surface area contributed by atoms with Crippen LogP contribution in [-0.2, 0) is 29.1 Å². The van der Waals surface area contributed by atoms with Gasteiger partial charge in [0.2, 0.25) is 0 Å². The Morgan fingerprint density at radius 2 is 1.03 bits per heavy atom. The monoisotopic (exact) mass is 422 g/mol. The van der Waals surface area contributed by atoms with Crippen molar-refractivity contribution in [2.75, 3.05) is 0 Å². The molecule has 0 aromatic heterocycles. The highest BCUT2D eigenvalue weighted by Crippen LogP contribution is 2.26. The molecule has 0 amide bonds. The third kappa shape index (κ3) is 11.9. The largest absolute Gasteiger partial charge is 0.357 e. The van der Waals surface area contributed by atoms with Crippen LogP contribution >= 0.6 is 0 Å². The van der Waals surface area contributed by atoms with Crippen LogP contribution in [0, 0.1) is 35.5 Å². The van der Waals surface area contributed by atoms with Crippen LogP contribution in [-0.4, -0.2) is 23.1 Å². The van der Waals surface area contributed by atoms with E-state index in [0.29, 0.717) is 38.5 Å². The molecule has 0 aromatic rings. The first kappa shape index (κ1) is 28.0. The maximum atomic E-state index is 12.1. The smallest absolute Gasteiger partial charge is 0.296 e. The molecule has 0 aromatic carbocycles. The van der Waals surface area contributed by atoms with Crippen LogP contribution in [0.3, 0.4) is 0 Å². The van der Waals surface area contributed by atoms with E-state index in [1.165, 1.54) is 0 Å². The van der Waals surface area contributed by atoms with Crippen LogP contribution in [0.1, 0.15) is 93.9 Å². The van der Waals surface area contributed by atoms with E-state index < -0.39 is 35.0 Å². The quantitative estimate of drug-likeness (QED) is 0.260. The molecule has 170 valence electrons. The lowest BCUT2D eigenvalue weighted by atomic mass is 9.94. The van der Waals surface area contributed by atoms with E-state index in [9.17, 15) is 9.59 Å². The second kappa shape index (κ2) is 14.1. The Morgan fingerprint density at radius 3 is 1.30 bits per heavy atom. The molecule has 0 saturated heterocycles. The van der Waals surface area contributed by atoms with E-state index in [2.05, 4.69) is 23.7 Å². The Morgan fingerprint density at radius 1 is 0.700 bits per heavy atom. The molecule has 0 fully saturated rings. The van der Waals surface area contributed by atoms with Crippen molar-refractivity contribution in [3.8, 4) is 23.7 Å². The Kier molecular flexibility index (Phi) is 13.1. The molecule has 0 aliphatic carbocycles. The molecule has 30 heavy (non-hydrogen) atoms. The van der Waals surface area contributed by atoms with Crippen LogP contribution in [0.25, 0.3) is 0 Å². The first-order valence-electron chi connectivity index (χ1n) is 10.8. The second-order valence-electron chi connectivity index (χ2n) is 8.26. The molecule has 0 heterocycles. The van der Waals surface area contributed by atoms with E-state index >= 15 is 0 Å². The summed E-state index contributed by atoms with van der Waals surface area (Å²) in [6.45, 7) is 14.9. The van der Waals surface area contributed by atoms with Crippen molar-refractivity contribution in [3.63, 3.8) is 0 Å². The lowest BCUT2D eigenvalue weighted by molar-refractivity contribution is -0.342. The summed E-state index contributed by atoms with van der Waals surface area (Å²) >= 11 is 0. The minimum absolute atomic E-state index is 0.491. The molecule has 0 N–H and O–H groups in total. The zero-order valence-electron chi connectivity index (χ0n) is 19.8. The maximum Gasteiger partial charge on any atom is 0.357 e. The highest BCUT2D eigenvalue weighted by atomic mass is 17.2. The summed E-state index contributed by atoms with van der Waals surface area (Å²) in [5, 5.41) is 0. The van der Waals surface area contributed by atoms with Gasteiger partial charge >= 0.3 is 11.9 Å². The highest BCUT2D eigenvalue weighted by Gasteiger charge is 2.31. The van der Waals surface area contributed by atoms with Crippen LogP contribution in [0.5, 0.6) is 0 Å². The van der Waals surface area contributed by atoms with Crippen LogP contribution in [0.4, 0.5) is 0 Å². The Labute approximate surface area is 182 Å². The van der Waals surface area contributed by atoms with Crippen molar-refractivity contribution in [2.24, 2.45) is 11.8 Å². The molecule has 2 unspecified atom stereocenters. The van der Waals surface area contributed by atoms with E-state index in [-0.39, 0.29) is 0 Å².